The maximum absolute atomic E-state index is 6.01. The van der Waals surface area contributed by atoms with E-state index in [4.69, 9.17) is 16.6 Å². The highest BCUT2D eigenvalue weighted by atomic mass is 35.5. The van der Waals surface area contributed by atoms with Gasteiger partial charge in [0.05, 0.1) is 16.8 Å². The van der Waals surface area contributed by atoms with Crippen molar-refractivity contribution in [1.82, 2.24) is 9.55 Å². The smallest absolute Gasteiger partial charge is 0.120 e. The Morgan fingerprint density at radius 1 is 0.840 bits per heavy atom. The number of fused-ring (bicyclic) bond motifs is 1. The van der Waals surface area contributed by atoms with Crippen LogP contribution in [0.3, 0.4) is 0 Å². The number of hydrogen-bond acceptors (Lipinski definition) is 2. The average Bonchev–Trinajstić information content (AvgIpc) is 3.00. The molecule has 0 N–H and O–H groups in total. The molecule has 0 aliphatic rings. The van der Waals surface area contributed by atoms with Gasteiger partial charge in [0.15, 0.2) is 0 Å². The van der Waals surface area contributed by atoms with Crippen LogP contribution in [0.15, 0.2) is 83.8 Å². The molecule has 1 aromatic heterocycles. The van der Waals surface area contributed by atoms with Crippen molar-refractivity contribution in [3.05, 3.63) is 95.3 Å². The van der Waals surface area contributed by atoms with Crippen LogP contribution in [0, 0.1) is 0 Å². The molecule has 0 saturated carbocycles. The lowest BCUT2D eigenvalue weighted by Crippen LogP contribution is -2.04. The minimum atomic E-state index is 0.763. The first-order chi connectivity index (χ1) is 12.3. The summed E-state index contributed by atoms with van der Waals surface area (Å²) in [6, 6.07) is 26.8. The first-order valence-corrected chi connectivity index (χ1v) is 9.52. The summed E-state index contributed by atoms with van der Waals surface area (Å²) < 4.78 is 2.30. The molecule has 0 saturated heterocycles. The van der Waals surface area contributed by atoms with E-state index in [0.717, 1.165) is 28.7 Å². The van der Waals surface area contributed by atoms with E-state index in [1.165, 1.54) is 16.0 Å². The van der Waals surface area contributed by atoms with Crippen molar-refractivity contribution in [1.29, 1.82) is 0 Å². The summed E-state index contributed by atoms with van der Waals surface area (Å²) in [6.07, 6.45) is 0. The fraction of sp³-hybridized carbons (Fsp3) is 0.0952. The van der Waals surface area contributed by atoms with Crippen LogP contribution in [0.4, 0.5) is 0 Å². The van der Waals surface area contributed by atoms with Gasteiger partial charge in [-0.1, -0.05) is 54.1 Å². The minimum absolute atomic E-state index is 0.763. The van der Waals surface area contributed by atoms with E-state index >= 15 is 0 Å². The number of hydrogen-bond donors (Lipinski definition) is 0. The standard InChI is InChI=1S/C21H17ClN2S/c22-17-12-10-16(11-13-17)14-24-20-9-5-4-8-19(20)23-21(24)15-25-18-6-2-1-3-7-18/h1-13H,14-15H2. The third-order valence-corrected chi connectivity index (χ3v) is 5.36. The Hall–Kier alpha value is -2.23. The van der Waals surface area contributed by atoms with Gasteiger partial charge in [-0.15, -0.1) is 11.8 Å². The molecule has 124 valence electrons. The maximum Gasteiger partial charge on any atom is 0.120 e. The van der Waals surface area contributed by atoms with Gasteiger partial charge in [0.2, 0.25) is 0 Å². The van der Waals surface area contributed by atoms with Crippen LogP contribution < -0.4 is 0 Å². The molecular formula is C21H17ClN2S. The Morgan fingerprint density at radius 2 is 1.56 bits per heavy atom. The van der Waals surface area contributed by atoms with Crippen molar-refractivity contribution in [3.63, 3.8) is 0 Å². The van der Waals surface area contributed by atoms with Crippen molar-refractivity contribution in [2.24, 2.45) is 0 Å². The normalized spacial score (nSPS) is 11.1. The summed E-state index contributed by atoms with van der Waals surface area (Å²) in [5.41, 5.74) is 3.43. The number of nitrogens with zero attached hydrogens (tertiary/aromatic N) is 2. The lowest BCUT2D eigenvalue weighted by Gasteiger charge is -2.10. The second-order valence-corrected chi connectivity index (χ2v) is 7.32. The van der Waals surface area contributed by atoms with Gasteiger partial charge in [0.1, 0.15) is 5.82 Å². The fourth-order valence-electron chi connectivity index (χ4n) is 2.85. The quantitative estimate of drug-likeness (QED) is 0.402. The molecule has 0 unspecified atom stereocenters. The number of benzene rings is 3. The van der Waals surface area contributed by atoms with E-state index in [0.29, 0.717) is 0 Å². The number of imidazole rings is 1. The summed E-state index contributed by atoms with van der Waals surface area (Å²) in [5.74, 6) is 1.93. The maximum atomic E-state index is 6.01. The largest absolute Gasteiger partial charge is 0.323 e. The van der Waals surface area contributed by atoms with E-state index in [9.17, 15) is 0 Å². The molecule has 25 heavy (non-hydrogen) atoms. The molecule has 0 fully saturated rings. The Kier molecular flexibility index (Phi) is 4.77. The van der Waals surface area contributed by atoms with Gasteiger partial charge in [-0.25, -0.2) is 4.98 Å². The topological polar surface area (TPSA) is 17.8 Å². The third-order valence-electron chi connectivity index (χ3n) is 4.10. The van der Waals surface area contributed by atoms with Gasteiger partial charge in [-0.05, 0) is 42.0 Å². The predicted octanol–water partition coefficient (Wildman–Crippen LogP) is 6.03. The first-order valence-electron chi connectivity index (χ1n) is 8.16. The third kappa shape index (κ3) is 3.73. The lowest BCUT2D eigenvalue weighted by atomic mass is 10.2. The molecule has 4 rings (SSSR count). The molecular weight excluding hydrogens is 348 g/mol. The van der Waals surface area contributed by atoms with E-state index in [2.05, 4.69) is 59.2 Å². The molecule has 0 aliphatic carbocycles. The zero-order valence-electron chi connectivity index (χ0n) is 13.6. The SMILES string of the molecule is Clc1ccc(Cn2c(CSc3ccccc3)nc3ccccc32)cc1. The van der Waals surface area contributed by atoms with Crippen LogP contribution in [0.5, 0.6) is 0 Å². The highest BCUT2D eigenvalue weighted by molar-refractivity contribution is 7.98. The minimum Gasteiger partial charge on any atom is -0.323 e. The zero-order chi connectivity index (χ0) is 17.1. The summed E-state index contributed by atoms with van der Waals surface area (Å²) in [6.45, 7) is 0.794. The second kappa shape index (κ2) is 7.34. The van der Waals surface area contributed by atoms with Crippen molar-refractivity contribution >= 4 is 34.4 Å². The lowest BCUT2D eigenvalue weighted by molar-refractivity contribution is 0.780. The number of thioether (sulfide) groups is 1. The Morgan fingerprint density at radius 3 is 2.36 bits per heavy atom. The zero-order valence-corrected chi connectivity index (χ0v) is 15.2. The van der Waals surface area contributed by atoms with Gasteiger partial charge < -0.3 is 4.57 Å². The Labute approximate surface area is 156 Å². The highest BCUT2D eigenvalue weighted by Crippen LogP contribution is 2.25. The Bertz CT molecular complexity index is 978. The van der Waals surface area contributed by atoms with Gasteiger partial charge >= 0.3 is 0 Å². The molecule has 3 aromatic carbocycles. The number of para-hydroxylation sites is 2. The molecule has 0 radical (unpaired) electrons. The summed E-state index contributed by atoms with van der Waals surface area (Å²) in [5, 5.41) is 0.763. The van der Waals surface area contributed by atoms with Gasteiger partial charge in [-0.2, -0.15) is 0 Å². The molecule has 4 heteroatoms. The number of halogens is 1. The van der Waals surface area contributed by atoms with Crippen LogP contribution in [0.2, 0.25) is 5.02 Å². The summed E-state index contributed by atoms with van der Waals surface area (Å²) >= 11 is 7.83. The fourth-order valence-corrected chi connectivity index (χ4v) is 3.84. The summed E-state index contributed by atoms with van der Waals surface area (Å²) in [4.78, 5) is 6.11. The van der Waals surface area contributed by atoms with Gasteiger partial charge in [0, 0.05) is 16.5 Å². The van der Waals surface area contributed by atoms with Crippen LogP contribution in [0.1, 0.15) is 11.4 Å². The van der Waals surface area contributed by atoms with Crippen LogP contribution in [0.25, 0.3) is 11.0 Å². The predicted molar refractivity (Wildman–Crippen MR) is 106 cm³/mol. The molecule has 0 aliphatic heterocycles. The van der Waals surface area contributed by atoms with Crippen molar-refractivity contribution in [2.75, 3.05) is 0 Å². The van der Waals surface area contributed by atoms with E-state index in [1.807, 2.05) is 36.0 Å². The number of aromatic nitrogens is 2. The molecule has 0 bridgehead atoms. The van der Waals surface area contributed by atoms with Crippen molar-refractivity contribution in [2.45, 2.75) is 17.2 Å². The van der Waals surface area contributed by atoms with Gasteiger partial charge in [-0.3, -0.25) is 0 Å². The van der Waals surface area contributed by atoms with Crippen LogP contribution >= 0.6 is 23.4 Å². The molecule has 1 heterocycles. The first kappa shape index (κ1) is 16.2. The van der Waals surface area contributed by atoms with Gasteiger partial charge in [0.25, 0.3) is 0 Å². The van der Waals surface area contributed by atoms with Crippen molar-refractivity contribution < 1.29 is 0 Å². The Balaban J connectivity index is 1.66. The molecule has 2 nitrogen and oxygen atoms in total. The summed E-state index contributed by atoms with van der Waals surface area (Å²) in [7, 11) is 0. The molecule has 0 spiro atoms. The monoisotopic (exact) mass is 364 g/mol. The average molecular weight is 365 g/mol. The van der Waals surface area contributed by atoms with E-state index in [-0.39, 0.29) is 0 Å². The van der Waals surface area contributed by atoms with E-state index in [1.54, 1.807) is 0 Å². The van der Waals surface area contributed by atoms with Crippen LogP contribution in [-0.2, 0) is 12.3 Å². The molecule has 4 aromatic rings. The van der Waals surface area contributed by atoms with E-state index < -0.39 is 0 Å². The highest BCUT2D eigenvalue weighted by Gasteiger charge is 2.11. The second-order valence-electron chi connectivity index (χ2n) is 5.83. The van der Waals surface area contributed by atoms with Crippen molar-refractivity contribution in [3.8, 4) is 0 Å². The molecule has 0 atom stereocenters. The van der Waals surface area contributed by atoms with Crippen LogP contribution in [-0.4, -0.2) is 9.55 Å². The molecule has 0 amide bonds. The number of rotatable bonds is 5.